The minimum absolute atomic E-state index is 0.0207. The molecule has 0 saturated carbocycles. The quantitative estimate of drug-likeness (QED) is 0.584. The molecule has 1 rings (SSSR count). The topological polar surface area (TPSA) is 27.7 Å². The lowest BCUT2D eigenvalue weighted by Gasteiger charge is -2.11. The third kappa shape index (κ3) is 5.50. The summed E-state index contributed by atoms with van der Waals surface area (Å²) in [6.07, 6.45) is 6.29. The molecule has 0 aromatic heterocycles. The Hall–Kier alpha value is -0.120. The highest BCUT2D eigenvalue weighted by Crippen LogP contribution is 2.17. The average molecular weight is 216 g/mol. The second kappa shape index (κ2) is 8.08. The molecule has 0 aromatic carbocycles. The molecule has 1 aliphatic heterocycles. The molecule has 1 aliphatic rings. The van der Waals surface area contributed by atoms with Gasteiger partial charge < -0.3 is 14.2 Å². The lowest BCUT2D eigenvalue weighted by molar-refractivity contribution is -0.0753. The molecule has 0 unspecified atom stereocenters. The van der Waals surface area contributed by atoms with Crippen LogP contribution in [0.25, 0.3) is 0 Å². The van der Waals surface area contributed by atoms with Gasteiger partial charge in [-0.3, -0.25) is 0 Å². The minimum atomic E-state index is 0.0207. The highest BCUT2D eigenvalue weighted by molar-refractivity contribution is 4.64. The summed E-state index contributed by atoms with van der Waals surface area (Å²) >= 11 is 0. The Labute approximate surface area is 93.1 Å². The second-order valence-electron chi connectivity index (χ2n) is 4.03. The van der Waals surface area contributed by atoms with Crippen LogP contribution in [0.5, 0.6) is 0 Å². The summed E-state index contributed by atoms with van der Waals surface area (Å²) in [5.41, 5.74) is 0. The Kier molecular flexibility index (Phi) is 6.98. The van der Waals surface area contributed by atoms with Gasteiger partial charge in [0.1, 0.15) is 6.10 Å². The van der Waals surface area contributed by atoms with Crippen LogP contribution in [-0.4, -0.2) is 32.2 Å². The summed E-state index contributed by atoms with van der Waals surface area (Å²) in [7, 11) is 0. The van der Waals surface area contributed by atoms with Gasteiger partial charge in [-0.25, -0.2) is 0 Å². The molecular formula is C12H24O3. The zero-order valence-electron chi connectivity index (χ0n) is 10.0. The predicted octanol–water partition coefficient (Wildman–Crippen LogP) is 2.73. The van der Waals surface area contributed by atoms with E-state index in [4.69, 9.17) is 14.2 Å². The van der Waals surface area contributed by atoms with Crippen LogP contribution in [0.1, 0.15) is 46.0 Å². The fourth-order valence-corrected chi connectivity index (χ4v) is 1.73. The number of ether oxygens (including phenoxy) is 3. The van der Waals surface area contributed by atoms with Crippen LogP contribution in [0, 0.1) is 0 Å². The van der Waals surface area contributed by atoms with Gasteiger partial charge in [0.25, 0.3) is 0 Å². The van der Waals surface area contributed by atoms with Gasteiger partial charge in [0, 0.05) is 6.61 Å². The van der Waals surface area contributed by atoms with Gasteiger partial charge in [0.05, 0.1) is 13.2 Å². The molecule has 0 bridgehead atoms. The summed E-state index contributed by atoms with van der Waals surface area (Å²) in [5.74, 6) is 0. The molecule has 15 heavy (non-hydrogen) atoms. The number of rotatable bonds is 8. The number of hydrogen-bond donors (Lipinski definition) is 0. The molecular weight excluding hydrogens is 192 g/mol. The highest BCUT2D eigenvalue weighted by atomic mass is 16.7. The maximum Gasteiger partial charge on any atom is 0.158 e. The Morgan fingerprint density at radius 2 is 2.07 bits per heavy atom. The Morgan fingerprint density at radius 3 is 2.80 bits per heavy atom. The molecule has 90 valence electrons. The van der Waals surface area contributed by atoms with E-state index in [0.29, 0.717) is 13.2 Å². The van der Waals surface area contributed by atoms with Crippen molar-refractivity contribution < 1.29 is 14.2 Å². The number of unbranched alkanes of at least 4 members (excludes halogenated alkanes) is 3. The van der Waals surface area contributed by atoms with Gasteiger partial charge in [-0.05, 0) is 19.8 Å². The van der Waals surface area contributed by atoms with E-state index in [9.17, 15) is 0 Å². The summed E-state index contributed by atoms with van der Waals surface area (Å²) in [6, 6.07) is 0. The van der Waals surface area contributed by atoms with E-state index in [-0.39, 0.29) is 12.4 Å². The third-order valence-corrected chi connectivity index (χ3v) is 2.61. The molecule has 0 amide bonds. The molecule has 1 fully saturated rings. The van der Waals surface area contributed by atoms with Crippen LogP contribution in [0.3, 0.4) is 0 Å². The normalized spacial score (nSPS) is 26.0. The van der Waals surface area contributed by atoms with E-state index in [2.05, 4.69) is 6.92 Å². The summed E-state index contributed by atoms with van der Waals surface area (Å²) in [6.45, 7) is 6.33. The minimum Gasteiger partial charge on any atom is -0.379 e. The Morgan fingerprint density at radius 1 is 1.20 bits per heavy atom. The van der Waals surface area contributed by atoms with E-state index in [1.807, 2.05) is 6.92 Å². The summed E-state index contributed by atoms with van der Waals surface area (Å²) in [4.78, 5) is 0. The summed E-state index contributed by atoms with van der Waals surface area (Å²) in [5, 5.41) is 0. The first-order chi connectivity index (χ1) is 7.36. The largest absolute Gasteiger partial charge is 0.379 e. The van der Waals surface area contributed by atoms with Crippen molar-refractivity contribution >= 4 is 0 Å². The SMILES string of the molecule is CCCCCC[C@@H]1OC[C@@H](COCC)O1. The van der Waals surface area contributed by atoms with Crippen molar-refractivity contribution in [2.45, 2.75) is 58.3 Å². The zero-order chi connectivity index (χ0) is 10.9. The van der Waals surface area contributed by atoms with Gasteiger partial charge in [-0.15, -0.1) is 0 Å². The van der Waals surface area contributed by atoms with Crippen LogP contribution in [0.2, 0.25) is 0 Å². The van der Waals surface area contributed by atoms with Crippen molar-refractivity contribution in [2.75, 3.05) is 19.8 Å². The fraction of sp³-hybridized carbons (Fsp3) is 1.00. The molecule has 0 N–H and O–H groups in total. The fourth-order valence-electron chi connectivity index (χ4n) is 1.73. The molecule has 0 aliphatic carbocycles. The first-order valence-corrected chi connectivity index (χ1v) is 6.21. The third-order valence-electron chi connectivity index (χ3n) is 2.61. The van der Waals surface area contributed by atoms with Crippen molar-refractivity contribution in [1.29, 1.82) is 0 Å². The van der Waals surface area contributed by atoms with Crippen LogP contribution in [0.4, 0.5) is 0 Å². The van der Waals surface area contributed by atoms with Crippen LogP contribution < -0.4 is 0 Å². The lowest BCUT2D eigenvalue weighted by atomic mass is 10.1. The smallest absolute Gasteiger partial charge is 0.158 e. The first-order valence-electron chi connectivity index (χ1n) is 6.21. The Balaban J connectivity index is 1.98. The van der Waals surface area contributed by atoms with Crippen molar-refractivity contribution in [2.24, 2.45) is 0 Å². The van der Waals surface area contributed by atoms with Crippen LogP contribution >= 0.6 is 0 Å². The molecule has 2 atom stereocenters. The van der Waals surface area contributed by atoms with Crippen molar-refractivity contribution in [1.82, 2.24) is 0 Å². The number of hydrogen-bond acceptors (Lipinski definition) is 3. The Bertz CT molecular complexity index is 150. The molecule has 3 nitrogen and oxygen atoms in total. The maximum atomic E-state index is 5.70. The van der Waals surface area contributed by atoms with Gasteiger partial charge in [-0.1, -0.05) is 26.2 Å². The first kappa shape index (κ1) is 12.9. The van der Waals surface area contributed by atoms with Gasteiger partial charge in [0.15, 0.2) is 6.29 Å². The molecule has 0 aromatic rings. The molecule has 0 radical (unpaired) electrons. The van der Waals surface area contributed by atoms with E-state index >= 15 is 0 Å². The van der Waals surface area contributed by atoms with Gasteiger partial charge >= 0.3 is 0 Å². The molecule has 1 heterocycles. The highest BCUT2D eigenvalue weighted by Gasteiger charge is 2.25. The van der Waals surface area contributed by atoms with Crippen LogP contribution in [0.15, 0.2) is 0 Å². The average Bonchev–Trinajstić information content (AvgIpc) is 2.69. The van der Waals surface area contributed by atoms with Gasteiger partial charge in [-0.2, -0.15) is 0 Å². The zero-order valence-corrected chi connectivity index (χ0v) is 10.0. The van der Waals surface area contributed by atoms with Crippen LogP contribution in [-0.2, 0) is 14.2 Å². The van der Waals surface area contributed by atoms with Crippen molar-refractivity contribution in [3.63, 3.8) is 0 Å². The van der Waals surface area contributed by atoms with E-state index in [0.717, 1.165) is 13.0 Å². The summed E-state index contributed by atoms with van der Waals surface area (Å²) < 4.78 is 16.5. The van der Waals surface area contributed by atoms with E-state index < -0.39 is 0 Å². The van der Waals surface area contributed by atoms with Crippen molar-refractivity contribution in [3.8, 4) is 0 Å². The van der Waals surface area contributed by atoms with Crippen molar-refractivity contribution in [3.05, 3.63) is 0 Å². The molecule has 0 spiro atoms. The lowest BCUT2D eigenvalue weighted by Crippen LogP contribution is -2.18. The van der Waals surface area contributed by atoms with E-state index in [1.54, 1.807) is 0 Å². The predicted molar refractivity (Wildman–Crippen MR) is 59.9 cm³/mol. The molecule has 3 heteroatoms. The second-order valence-corrected chi connectivity index (χ2v) is 4.03. The molecule has 1 saturated heterocycles. The van der Waals surface area contributed by atoms with Gasteiger partial charge in [0.2, 0.25) is 0 Å². The maximum absolute atomic E-state index is 5.70. The standard InChI is InChI=1S/C12H24O3/c1-3-5-6-7-8-12-14-10-11(15-12)9-13-4-2/h11-12H,3-10H2,1-2H3/t11-,12-/m1/s1. The monoisotopic (exact) mass is 216 g/mol. The van der Waals surface area contributed by atoms with E-state index in [1.165, 1.54) is 25.7 Å².